The Bertz CT molecular complexity index is 436. The molecule has 0 spiro atoms. The first-order valence-electron chi connectivity index (χ1n) is 8.59. The van der Waals surface area contributed by atoms with Gasteiger partial charge in [0.05, 0.1) is 0 Å². The summed E-state index contributed by atoms with van der Waals surface area (Å²) in [5.41, 5.74) is 1.66. The Morgan fingerprint density at radius 2 is 1.86 bits per heavy atom. The van der Waals surface area contributed by atoms with Crippen molar-refractivity contribution in [3.8, 4) is 0 Å². The molecule has 1 aliphatic heterocycles. The minimum atomic E-state index is 0.179. The highest BCUT2D eigenvalue weighted by Gasteiger charge is 2.37. The van der Waals surface area contributed by atoms with Crippen LogP contribution < -0.4 is 0 Å². The van der Waals surface area contributed by atoms with E-state index in [0.717, 1.165) is 12.5 Å². The van der Waals surface area contributed by atoms with Gasteiger partial charge in [-0.15, -0.1) is 0 Å². The highest BCUT2D eigenvalue weighted by molar-refractivity contribution is 5.21. The second-order valence-electron chi connectivity index (χ2n) is 7.47. The molecule has 1 aromatic carbocycles. The second kappa shape index (κ2) is 6.50. The van der Waals surface area contributed by atoms with E-state index in [1.807, 2.05) is 0 Å². The standard InChI is InChI=1S/C19H29NO/c1-16-7-10-19(15-21,11-8-16)14-20-12-9-18(13-20)17-5-3-2-4-6-17/h2-6,16,18,21H,7-15H2,1H3. The van der Waals surface area contributed by atoms with Crippen molar-refractivity contribution >= 4 is 0 Å². The third-order valence-electron chi connectivity index (χ3n) is 5.77. The minimum absolute atomic E-state index is 0.179. The van der Waals surface area contributed by atoms with E-state index in [1.54, 1.807) is 0 Å². The number of hydrogen-bond acceptors (Lipinski definition) is 2. The molecule has 21 heavy (non-hydrogen) atoms. The van der Waals surface area contributed by atoms with Gasteiger partial charge in [-0.1, -0.05) is 50.1 Å². The van der Waals surface area contributed by atoms with E-state index in [4.69, 9.17) is 0 Å². The first-order valence-corrected chi connectivity index (χ1v) is 8.59. The summed E-state index contributed by atoms with van der Waals surface area (Å²) in [5, 5.41) is 9.94. The molecule has 0 bridgehead atoms. The lowest BCUT2D eigenvalue weighted by molar-refractivity contribution is 0.0356. The number of nitrogens with zero attached hydrogens (tertiary/aromatic N) is 1. The number of rotatable bonds is 4. The molecule has 2 fully saturated rings. The fraction of sp³-hybridized carbons (Fsp3) is 0.684. The van der Waals surface area contributed by atoms with Crippen molar-refractivity contribution in [3.63, 3.8) is 0 Å². The van der Waals surface area contributed by atoms with E-state index >= 15 is 0 Å². The van der Waals surface area contributed by atoms with Gasteiger partial charge in [0.2, 0.25) is 0 Å². The minimum Gasteiger partial charge on any atom is -0.396 e. The zero-order valence-electron chi connectivity index (χ0n) is 13.3. The zero-order valence-corrected chi connectivity index (χ0v) is 13.3. The topological polar surface area (TPSA) is 23.5 Å². The third kappa shape index (κ3) is 3.49. The van der Waals surface area contributed by atoms with E-state index < -0.39 is 0 Å². The Morgan fingerprint density at radius 1 is 1.14 bits per heavy atom. The molecular formula is C19H29NO. The van der Waals surface area contributed by atoms with E-state index in [9.17, 15) is 5.11 Å². The molecule has 1 N–H and O–H groups in total. The quantitative estimate of drug-likeness (QED) is 0.913. The lowest BCUT2D eigenvalue weighted by atomic mass is 9.71. The molecule has 0 radical (unpaired) electrons. The van der Waals surface area contributed by atoms with Crippen LogP contribution in [0.5, 0.6) is 0 Å². The van der Waals surface area contributed by atoms with Crippen molar-refractivity contribution in [1.29, 1.82) is 0 Å². The number of likely N-dealkylation sites (tertiary alicyclic amines) is 1. The van der Waals surface area contributed by atoms with Crippen LogP contribution in [-0.2, 0) is 0 Å². The van der Waals surface area contributed by atoms with Crippen LogP contribution in [0.15, 0.2) is 30.3 Å². The maximum absolute atomic E-state index is 9.94. The van der Waals surface area contributed by atoms with Crippen LogP contribution in [0.25, 0.3) is 0 Å². The third-order valence-corrected chi connectivity index (χ3v) is 5.77. The number of aliphatic hydroxyl groups excluding tert-OH is 1. The van der Waals surface area contributed by atoms with Gasteiger partial charge in [0.25, 0.3) is 0 Å². The summed E-state index contributed by atoms with van der Waals surface area (Å²) in [5.74, 6) is 1.53. The largest absolute Gasteiger partial charge is 0.396 e. The summed E-state index contributed by atoms with van der Waals surface area (Å²) in [4.78, 5) is 2.60. The van der Waals surface area contributed by atoms with Crippen LogP contribution in [0, 0.1) is 11.3 Å². The smallest absolute Gasteiger partial charge is 0.0499 e. The average Bonchev–Trinajstić information content (AvgIpc) is 2.99. The lowest BCUT2D eigenvalue weighted by Crippen LogP contribution is -2.41. The summed E-state index contributed by atoms with van der Waals surface area (Å²) < 4.78 is 0. The first kappa shape index (κ1) is 15.1. The molecule has 1 saturated carbocycles. The molecule has 1 aliphatic carbocycles. The van der Waals surface area contributed by atoms with Crippen molar-refractivity contribution in [2.24, 2.45) is 11.3 Å². The van der Waals surface area contributed by atoms with Gasteiger partial charge < -0.3 is 10.0 Å². The van der Waals surface area contributed by atoms with E-state index in [1.165, 1.54) is 50.8 Å². The normalized spacial score (nSPS) is 34.2. The summed E-state index contributed by atoms with van der Waals surface area (Å²) in [6.45, 7) is 6.17. The number of hydrogen-bond donors (Lipinski definition) is 1. The molecular weight excluding hydrogens is 258 g/mol. The van der Waals surface area contributed by atoms with Gasteiger partial charge in [0.1, 0.15) is 0 Å². The van der Waals surface area contributed by atoms with Gasteiger partial charge in [-0.2, -0.15) is 0 Å². The molecule has 0 aromatic heterocycles. The van der Waals surface area contributed by atoms with Crippen LogP contribution in [0.4, 0.5) is 0 Å². The molecule has 1 atom stereocenters. The van der Waals surface area contributed by atoms with Crippen molar-refractivity contribution < 1.29 is 5.11 Å². The van der Waals surface area contributed by atoms with Crippen LogP contribution in [0.3, 0.4) is 0 Å². The fourth-order valence-electron chi connectivity index (χ4n) is 4.19. The average molecular weight is 287 g/mol. The van der Waals surface area contributed by atoms with Gasteiger partial charge in [-0.3, -0.25) is 0 Å². The summed E-state index contributed by atoms with van der Waals surface area (Å²) in [6, 6.07) is 10.9. The Morgan fingerprint density at radius 3 is 2.52 bits per heavy atom. The van der Waals surface area contributed by atoms with Crippen molar-refractivity contribution in [3.05, 3.63) is 35.9 Å². The predicted octanol–water partition coefficient (Wildman–Crippen LogP) is 3.66. The molecule has 1 saturated heterocycles. The second-order valence-corrected chi connectivity index (χ2v) is 7.47. The zero-order chi connectivity index (χ0) is 14.7. The lowest BCUT2D eigenvalue weighted by Gasteiger charge is -2.40. The monoisotopic (exact) mass is 287 g/mol. The van der Waals surface area contributed by atoms with Crippen LogP contribution in [-0.4, -0.2) is 36.2 Å². The van der Waals surface area contributed by atoms with Crippen molar-refractivity contribution in [2.45, 2.75) is 44.9 Å². The maximum Gasteiger partial charge on any atom is 0.0499 e. The molecule has 116 valence electrons. The molecule has 2 aliphatic rings. The number of aliphatic hydroxyl groups is 1. The van der Waals surface area contributed by atoms with E-state index in [0.29, 0.717) is 12.5 Å². The predicted molar refractivity (Wildman–Crippen MR) is 87.4 cm³/mol. The molecule has 3 rings (SSSR count). The van der Waals surface area contributed by atoms with Crippen LogP contribution >= 0.6 is 0 Å². The highest BCUT2D eigenvalue weighted by Crippen LogP contribution is 2.40. The molecule has 1 aromatic rings. The summed E-state index contributed by atoms with van der Waals surface area (Å²) in [6.07, 6.45) is 6.25. The SMILES string of the molecule is CC1CCC(CO)(CN2CCC(c3ccccc3)C2)CC1. The van der Waals surface area contributed by atoms with Crippen molar-refractivity contribution in [1.82, 2.24) is 4.90 Å². The van der Waals surface area contributed by atoms with Gasteiger partial charge >= 0.3 is 0 Å². The first-order chi connectivity index (χ1) is 10.2. The molecule has 2 heteroatoms. The highest BCUT2D eigenvalue weighted by atomic mass is 16.3. The fourth-order valence-corrected chi connectivity index (χ4v) is 4.19. The van der Waals surface area contributed by atoms with Gasteiger partial charge in [0.15, 0.2) is 0 Å². The van der Waals surface area contributed by atoms with Crippen molar-refractivity contribution in [2.75, 3.05) is 26.2 Å². The Labute approximate surface area is 129 Å². The van der Waals surface area contributed by atoms with Crippen LogP contribution in [0.2, 0.25) is 0 Å². The van der Waals surface area contributed by atoms with Gasteiger partial charge in [0, 0.05) is 25.1 Å². The molecule has 0 amide bonds. The maximum atomic E-state index is 9.94. The van der Waals surface area contributed by atoms with Gasteiger partial charge in [-0.25, -0.2) is 0 Å². The van der Waals surface area contributed by atoms with Crippen LogP contribution in [0.1, 0.15) is 50.5 Å². The summed E-state index contributed by atoms with van der Waals surface area (Å²) in [7, 11) is 0. The Balaban J connectivity index is 1.59. The number of benzene rings is 1. The van der Waals surface area contributed by atoms with E-state index in [2.05, 4.69) is 42.2 Å². The Kier molecular flexibility index (Phi) is 4.66. The molecule has 1 heterocycles. The van der Waals surface area contributed by atoms with E-state index in [-0.39, 0.29) is 5.41 Å². The summed E-state index contributed by atoms with van der Waals surface area (Å²) >= 11 is 0. The Hall–Kier alpha value is -0.860. The van der Waals surface area contributed by atoms with Gasteiger partial charge in [-0.05, 0) is 43.2 Å². The molecule has 2 nitrogen and oxygen atoms in total. The molecule has 1 unspecified atom stereocenters.